The summed E-state index contributed by atoms with van der Waals surface area (Å²) < 4.78 is 0. The SMILES string of the molecule is Cc1[nH]nc(N)c1C(=O)NC1CCc2ccccc2C1. The minimum atomic E-state index is -0.141. The van der Waals surface area contributed by atoms with E-state index in [2.05, 4.69) is 33.7 Å². The number of aromatic amines is 1. The van der Waals surface area contributed by atoms with Gasteiger partial charge in [-0.1, -0.05) is 24.3 Å². The zero-order chi connectivity index (χ0) is 14.1. The summed E-state index contributed by atoms with van der Waals surface area (Å²) in [5, 5.41) is 9.66. The Morgan fingerprint density at radius 3 is 2.85 bits per heavy atom. The third-order valence-electron chi connectivity index (χ3n) is 3.88. The lowest BCUT2D eigenvalue weighted by Gasteiger charge is -2.25. The first kappa shape index (κ1) is 12.7. The van der Waals surface area contributed by atoms with Crippen LogP contribution in [0.15, 0.2) is 24.3 Å². The number of nitrogens with two attached hydrogens (primary N) is 1. The van der Waals surface area contributed by atoms with Crippen molar-refractivity contribution in [2.75, 3.05) is 5.73 Å². The minimum Gasteiger partial charge on any atom is -0.382 e. The van der Waals surface area contributed by atoms with Gasteiger partial charge in [0.25, 0.3) is 5.91 Å². The van der Waals surface area contributed by atoms with Gasteiger partial charge >= 0.3 is 0 Å². The first-order chi connectivity index (χ1) is 9.65. The molecule has 0 saturated carbocycles. The van der Waals surface area contributed by atoms with Gasteiger partial charge in [-0.05, 0) is 37.3 Å². The quantitative estimate of drug-likeness (QED) is 0.774. The van der Waals surface area contributed by atoms with Gasteiger partial charge in [0.05, 0.1) is 0 Å². The number of hydrogen-bond acceptors (Lipinski definition) is 3. The molecule has 0 saturated heterocycles. The van der Waals surface area contributed by atoms with Crippen molar-refractivity contribution in [3.63, 3.8) is 0 Å². The van der Waals surface area contributed by atoms with E-state index in [1.54, 1.807) is 6.92 Å². The van der Waals surface area contributed by atoms with Crippen molar-refractivity contribution in [2.45, 2.75) is 32.2 Å². The van der Waals surface area contributed by atoms with Crippen molar-refractivity contribution in [3.8, 4) is 0 Å². The molecule has 1 amide bonds. The van der Waals surface area contributed by atoms with E-state index in [1.807, 2.05) is 6.07 Å². The number of carbonyl (C=O) groups is 1. The van der Waals surface area contributed by atoms with E-state index in [0.29, 0.717) is 11.3 Å². The number of carbonyl (C=O) groups excluding carboxylic acids is 1. The van der Waals surface area contributed by atoms with Crippen LogP contribution in [0.25, 0.3) is 0 Å². The molecule has 1 aromatic carbocycles. The van der Waals surface area contributed by atoms with E-state index in [4.69, 9.17) is 5.73 Å². The number of benzene rings is 1. The van der Waals surface area contributed by atoms with Crippen LogP contribution in [0, 0.1) is 6.92 Å². The summed E-state index contributed by atoms with van der Waals surface area (Å²) in [7, 11) is 0. The first-order valence-electron chi connectivity index (χ1n) is 6.83. The molecule has 20 heavy (non-hydrogen) atoms. The third kappa shape index (κ3) is 2.27. The van der Waals surface area contributed by atoms with Gasteiger partial charge in [0.2, 0.25) is 0 Å². The largest absolute Gasteiger partial charge is 0.382 e. The van der Waals surface area contributed by atoms with Crippen molar-refractivity contribution < 1.29 is 4.79 Å². The summed E-state index contributed by atoms with van der Waals surface area (Å²) in [5.74, 6) is 0.120. The lowest BCUT2D eigenvalue weighted by Crippen LogP contribution is -2.39. The molecule has 1 aromatic heterocycles. The molecule has 3 rings (SSSR count). The number of aromatic nitrogens is 2. The average molecular weight is 270 g/mol. The number of nitrogens with zero attached hydrogens (tertiary/aromatic N) is 1. The summed E-state index contributed by atoms with van der Waals surface area (Å²) in [5.41, 5.74) is 9.59. The molecular formula is C15H18N4O. The highest BCUT2D eigenvalue weighted by molar-refractivity contribution is 5.99. The fourth-order valence-electron chi connectivity index (χ4n) is 2.81. The Bertz CT molecular complexity index is 628. The maximum absolute atomic E-state index is 12.3. The number of nitrogen functional groups attached to an aromatic ring is 1. The van der Waals surface area contributed by atoms with Gasteiger partial charge in [-0.15, -0.1) is 0 Å². The van der Waals surface area contributed by atoms with Crippen LogP contribution in [0.1, 0.15) is 33.6 Å². The van der Waals surface area contributed by atoms with Gasteiger partial charge in [0, 0.05) is 11.7 Å². The van der Waals surface area contributed by atoms with Crippen LogP contribution in [0.5, 0.6) is 0 Å². The zero-order valence-electron chi connectivity index (χ0n) is 11.4. The van der Waals surface area contributed by atoms with Crippen LogP contribution in [0.4, 0.5) is 5.82 Å². The molecule has 5 nitrogen and oxygen atoms in total. The van der Waals surface area contributed by atoms with Crippen LogP contribution in [0.2, 0.25) is 0 Å². The summed E-state index contributed by atoms with van der Waals surface area (Å²) in [4.78, 5) is 12.3. The van der Waals surface area contributed by atoms with E-state index in [9.17, 15) is 4.79 Å². The molecule has 1 heterocycles. The number of nitrogens with one attached hydrogen (secondary N) is 2. The van der Waals surface area contributed by atoms with Gasteiger partial charge < -0.3 is 11.1 Å². The zero-order valence-corrected chi connectivity index (χ0v) is 11.4. The van der Waals surface area contributed by atoms with E-state index in [-0.39, 0.29) is 17.8 Å². The lowest BCUT2D eigenvalue weighted by atomic mass is 9.88. The van der Waals surface area contributed by atoms with Crippen LogP contribution >= 0.6 is 0 Å². The van der Waals surface area contributed by atoms with Crippen LogP contribution in [0.3, 0.4) is 0 Å². The smallest absolute Gasteiger partial charge is 0.257 e. The molecular weight excluding hydrogens is 252 g/mol. The van der Waals surface area contributed by atoms with E-state index in [1.165, 1.54) is 11.1 Å². The Labute approximate surface area is 117 Å². The molecule has 5 heteroatoms. The van der Waals surface area contributed by atoms with Gasteiger partial charge in [-0.3, -0.25) is 9.89 Å². The molecule has 0 radical (unpaired) electrons. The molecule has 2 aromatic rings. The predicted molar refractivity (Wildman–Crippen MR) is 77.5 cm³/mol. The Kier molecular flexibility index (Phi) is 3.18. The molecule has 1 unspecified atom stereocenters. The normalized spacial score (nSPS) is 17.6. The van der Waals surface area contributed by atoms with E-state index in [0.717, 1.165) is 19.3 Å². The molecule has 0 spiro atoms. The Balaban J connectivity index is 1.73. The second kappa shape index (κ2) is 5.00. The number of fused-ring (bicyclic) bond motifs is 1. The number of anilines is 1. The molecule has 104 valence electrons. The first-order valence-corrected chi connectivity index (χ1v) is 6.83. The average Bonchev–Trinajstić information content (AvgIpc) is 2.78. The van der Waals surface area contributed by atoms with Crippen molar-refractivity contribution in [1.29, 1.82) is 0 Å². The molecule has 4 N–H and O–H groups in total. The van der Waals surface area contributed by atoms with Crippen LogP contribution in [-0.2, 0) is 12.8 Å². The summed E-state index contributed by atoms with van der Waals surface area (Å²) in [6.45, 7) is 1.80. The number of rotatable bonds is 2. The second-order valence-corrected chi connectivity index (χ2v) is 5.29. The Morgan fingerprint density at radius 1 is 1.40 bits per heavy atom. The number of hydrogen-bond donors (Lipinski definition) is 3. The highest BCUT2D eigenvalue weighted by Gasteiger charge is 2.23. The standard InChI is InChI=1S/C15H18N4O/c1-9-13(14(16)19-18-9)15(20)17-12-7-6-10-4-2-3-5-11(10)8-12/h2-5,12H,6-8H2,1H3,(H,17,20)(H3,16,18,19). The molecule has 0 bridgehead atoms. The maximum atomic E-state index is 12.3. The van der Waals surface area contributed by atoms with Gasteiger partial charge in [0.15, 0.2) is 5.82 Å². The summed E-state index contributed by atoms with van der Waals surface area (Å²) >= 11 is 0. The van der Waals surface area contributed by atoms with Crippen molar-refractivity contribution in [2.24, 2.45) is 0 Å². The Hall–Kier alpha value is -2.30. The lowest BCUT2D eigenvalue weighted by molar-refractivity contribution is 0.0934. The van der Waals surface area contributed by atoms with Crippen LogP contribution < -0.4 is 11.1 Å². The van der Waals surface area contributed by atoms with E-state index >= 15 is 0 Å². The molecule has 1 aliphatic carbocycles. The monoisotopic (exact) mass is 270 g/mol. The minimum absolute atomic E-state index is 0.141. The molecule has 1 atom stereocenters. The van der Waals surface area contributed by atoms with Crippen LogP contribution in [-0.4, -0.2) is 22.1 Å². The maximum Gasteiger partial charge on any atom is 0.257 e. The molecule has 0 aliphatic heterocycles. The van der Waals surface area contributed by atoms with Crippen molar-refractivity contribution in [1.82, 2.24) is 15.5 Å². The molecule has 1 aliphatic rings. The third-order valence-corrected chi connectivity index (χ3v) is 3.88. The fraction of sp³-hybridized carbons (Fsp3) is 0.333. The molecule has 0 fully saturated rings. The topological polar surface area (TPSA) is 83.8 Å². The van der Waals surface area contributed by atoms with Gasteiger partial charge in [-0.25, -0.2) is 0 Å². The van der Waals surface area contributed by atoms with Gasteiger partial charge in [0.1, 0.15) is 5.56 Å². The van der Waals surface area contributed by atoms with Crippen molar-refractivity contribution in [3.05, 3.63) is 46.6 Å². The number of H-pyrrole nitrogens is 1. The summed E-state index contributed by atoms with van der Waals surface area (Å²) in [6, 6.07) is 8.55. The predicted octanol–water partition coefficient (Wildman–Crippen LogP) is 1.59. The number of aryl methyl sites for hydroxylation is 2. The Morgan fingerprint density at radius 2 is 2.15 bits per heavy atom. The fourth-order valence-corrected chi connectivity index (χ4v) is 2.81. The van der Waals surface area contributed by atoms with Crippen molar-refractivity contribution >= 4 is 11.7 Å². The summed E-state index contributed by atoms with van der Waals surface area (Å²) in [6.07, 6.45) is 2.83. The number of amides is 1. The highest BCUT2D eigenvalue weighted by atomic mass is 16.1. The van der Waals surface area contributed by atoms with E-state index < -0.39 is 0 Å². The second-order valence-electron chi connectivity index (χ2n) is 5.29. The highest BCUT2D eigenvalue weighted by Crippen LogP contribution is 2.22. The van der Waals surface area contributed by atoms with Gasteiger partial charge in [-0.2, -0.15) is 5.10 Å².